The molecular weight excluding hydrogens is 553 g/mol. The SMILES string of the molecule is CCCN(CCC)S(=O)(=O)c1cccc(-c2nn(-c3ccccc3)cc2/C=C2\SC(=S)N(CCOC)C2=O)c1. The van der Waals surface area contributed by atoms with Crippen LogP contribution in [0.3, 0.4) is 0 Å². The highest BCUT2D eigenvalue weighted by Gasteiger charge is 2.32. The number of aromatic nitrogens is 2. The van der Waals surface area contributed by atoms with Crippen LogP contribution in [0.2, 0.25) is 0 Å². The maximum atomic E-state index is 13.5. The molecular formula is C28H32N4O4S3. The highest BCUT2D eigenvalue weighted by atomic mass is 32.2. The molecule has 0 spiro atoms. The van der Waals surface area contributed by atoms with Crippen molar-refractivity contribution in [3.63, 3.8) is 0 Å². The molecule has 1 aliphatic heterocycles. The van der Waals surface area contributed by atoms with Crippen LogP contribution in [0.5, 0.6) is 0 Å². The highest BCUT2D eigenvalue weighted by Crippen LogP contribution is 2.35. The van der Waals surface area contributed by atoms with E-state index in [0.717, 1.165) is 18.5 Å². The van der Waals surface area contributed by atoms with Gasteiger partial charge in [0.1, 0.15) is 10.0 Å². The second kappa shape index (κ2) is 13.0. The van der Waals surface area contributed by atoms with Gasteiger partial charge in [-0.3, -0.25) is 9.69 Å². The van der Waals surface area contributed by atoms with Gasteiger partial charge in [-0.25, -0.2) is 13.1 Å². The number of sulfonamides is 1. The van der Waals surface area contributed by atoms with E-state index in [1.807, 2.05) is 56.4 Å². The van der Waals surface area contributed by atoms with E-state index < -0.39 is 10.0 Å². The van der Waals surface area contributed by atoms with Crippen molar-refractivity contribution in [2.45, 2.75) is 31.6 Å². The van der Waals surface area contributed by atoms with Gasteiger partial charge in [-0.2, -0.15) is 9.40 Å². The van der Waals surface area contributed by atoms with Gasteiger partial charge in [0.15, 0.2) is 0 Å². The zero-order valence-corrected chi connectivity index (χ0v) is 24.7. The van der Waals surface area contributed by atoms with Gasteiger partial charge < -0.3 is 4.74 Å². The lowest BCUT2D eigenvalue weighted by molar-refractivity contribution is -0.122. The van der Waals surface area contributed by atoms with Gasteiger partial charge in [-0.05, 0) is 43.2 Å². The Kier molecular flexibility index (Phi) is 9.73. The largest absolute Gasteiger partial charge is 0.383 e. The lowest BCUT2D eigenvalue weighted by atomic mass is 10.1. The lowest BCUT2D eigenvalue weighted by Gasteiger charge is -2.21. The highest BCUT2D eigenvalue weighted by molar-refractivity contribution is 8.26. The quantitative estimate of drug-likeness (QED) is 0.214. The number of rotatable bonds is 12. The van der Waals surface area contributed by atoms with E-state index in [0.29, 0.717) is 52.3 Å². The Morgan fingerprint density at radius 2 is 1.79 bits per heavy atom. The maximum absolute atomic E-state index is 13.5. The van der Waals surface area contributed by atoms with Crippen molar-refractivity contribution in [1.82, 2.24) is 19.0 Å². The van der Waals surface area contributed by atoms with E-state index in [9.17, 15) is 13.2 Å². The van der Waals surface area contributed by atoms with Crippen LogP contribution in [0.15, 0.2) is 70.6 Å². The van der Waals surface area contributed by atoms with Gasteiger partial charge in [-0.1, -0.05) is 68.2 Å². The van der Waals surface area contributed by atoms with Crippen molar-refractivity contribution in [2.24, 2.45) is 0 Å². The summed E-state index contributed by atoms with van der Waals surface area (Å²) in [6.07, 6.45) is 5.07. The second-order valence-corrected chi connectivity index (χ2v) is 12.6. The molecule has 0 N–H and O–H groups in total. The van der Waals surface area contributed by atoms with Crippen LogP contribution < -0.4 is 0 Å². The molecule has 0 unspecified atom stereocenters. The number of thiocarbonyl (C=S) groups is 1. The van der Waals surface area contributed by atoms with E-state index in [4.69, 9.17) is 22.1 Å². The number of thioether (sulfide) groups is 1. The van der Waals surface area contributed by atoms with Crippen LogP contribution in [-0.2, 0) is 19.6 Å². The summed E-state index contributed by atoms with van der Waals surface area (Å²) >= 11 is 6.67. The van der Waals surface area contributed by atoms with Crippen molar-refractivity contribution >= 4 is 50.3 Å². The first-order valence-corrected chi connectivity index (χ1v) is 15.5. The molecule has 1 aliphatic rings. The molecule has 0 radical (unpaired) electrons. The molecule has 4 rings (SSSR count). The van der Waals surface area contributed by atoms with Gasteiger partial charge >= 0.3 is 0 Å². The summed E-state index contributed by atoms with van der Waals surface area (Å²) in [5.41, 5.74) is 2.72. The molecule has 8 nitrogen and oxygen atoms in total. The molecule has 1 amide bonds. The molecule has 0 saturated carbocycles. The normalized spacial score (nSPS) is 15.2. The summed E-state index contributed by atoms with van der Waals surface area (Å²) in [4.78, 5) is 15.3. The molecule has 2 heterocycles. The third kappa shape index (κ3) is 6.50. The summed E-state index contributed by atoms with van der Waals surface area (Å²) in [6, 6.07) is 16.5. The fraction of sp³-hybridized carbons (Fsp3) is 0.321. The Morgan fingerprint density at radius 1 is 1.08 bits per heavy atom. The zero-order chi connectivity index (χ0) is 28.0. The fourth-order valence-electron chi connectivity index (χ4n) is 4.25. The topological polar surface area (TPSA) is 84.7 Å². The molecule has 0 aliphatic carbocycles. The van der Waals surface area contributed by atoms with Crippen molar-refractivity contribution in [3.05, 3.63) is 71.3 Å². The molecule has 0 bridgehead atoms. The average molecular weight is 585 g/mol. The number of benzene rings is 2. The van der Waals surface area contributed by atoms with E-state index >= 15 is 0 Å². The summed E-state index contributed by atoms with van der Waals surface area (Å²) in [7, 11) is -2.10. The van der Waals surface area contributed by atoms with Crippen molar-refractivity contribution in [2.75, 3.05) is 33.4 Å². The standard InChI is InChI=1S/C28H32N4O4S3/c1-4-14-30(15-5-2)39(34,35)24-13-9-10-21(18-24)26-22(20-32(29-26)23-11-7-6-8-12-23)19-25-27(33)31(16-17-36-3)28(37)38-25/h6-13,18-20H,4-5,14-17H2,1-3H3/b25-19-. The Balaban J connectivity index is 1.79. The second-order valence-electron chi connectivity index (χ2n) is 8.97. The first kappa shape index (κ1) is 29.2. The molecule has 1 fully saturated rings. The molecule has 39 heavy (non-hydrogen) atoms. The Labute approximate surface area is 239 Å². The minimum Gasteiger partial charge on any atom is -0.383 e. The predicted octanol–water partition coefficient (Wildman–Crippen LogP) is 5.20. The van der Waals surface area contributed by atoms with Gasteiger partial charge in [-0.15, -0.1) is 0 Å². The van der Waals surface area contributed by atoms with Crippen LogP contribution in [-0.4, -0.2) is 71.0 Å². The van der Waals surface area contributed by atoms with Crippen LogP contribution in [0.25, 0.3) is 23.0 Å². The number of carbonyl (C=O) groups is 1. The van der Waals surface area contributed by atoms with Crippen LogP contribution in [0, 0.1) is 0 Å². The molecule has 1 aromatic heterocycles. The summed E-state index contributed by atoms with van der Waals surface area (Å²) in [6.45, 7) is 5.61. The van der Waals surface area contributed by atoms with E-state index in [2.05, 4.69) is 0 Å². The summed E-state index contributed by atoms with van der Waals surface area (Å²) < 4.78 is 35.8. The van der Waals surface area contributed by atoms with E-state index in [1.165, 1.54) is 21.0 Å². The Morgan fingerprint density at radius 3 is 2.46 bits per heavy atom. The Hall–Kier alpha value is -2.83. The van der Waals surface area contributed by atoms with Crippen molar-refractivity contribution in [3.8, 4) is 16.9 Å². The third-order valence-corrected chi connectivity index (χ3v) is 9.41. The number of methoxy groups -OCH3 is 1. The molecule has 206 valence electrons. The minimum absolute atomic E-state index is 0.188. The molecule has 2 aromatic carbocycles. The van der Waals surface area contributed by atoms with Crippen molar-refractivity contribution < 1.29 is 17.9 Å². The molecule has 1 saturated heterocycles. The number of ether oxygens (including phenoxy) is 1. The predicted molar refractivity (Wildman–Crippen MR) is 160 cm³/mol. The van der Waals surface area contributed by atoms with E-state index in [1.54, 1.807) is 36.1 Å². The molecule has 3 aromatic rings. The minimum atomic E-state index is -3.68. The lowest BCUT2D eigenvalue weighted by Crippen LogP contribution is -2.32. The van der Waals surface area contributed by atoms with Crippen LogP contribution in [0.4, 0.5) is 0 Å². The van der Waals surface area contributed by atoms with E-state index in [-0.39, 0.29) is 10.8 Å². The fourth-order valence-corrected chi connectivity index (χ4v) is 7.22. The zero-order valence-electron chi connectivity index (χ0n) is 22.2. The summed E-state index contributed by atoms with van der Waals surface area (Å²) in [5, 5.41) is 4.82. The number of hydrogen-bond donors (Lipinski definition) is 0. The van der Waals surface area contributed by atoms with Gasteiger partial charge in [0.25, 0.3) is 5.91 Å². The van der Waals surface area contributed by atoms with Crippen LogP contribution >= 0.6 is 24.0 Å². The first-order chi connectivity index (χ1) is 18.8. The van der Waals surface area contributed by atoms with Crippen LogP contribution in [0.1, 0.15) is 32.3 Å². The monoisotopic (exact) mass is 584 g/mol. The number of carbonyl (C=O) groups excluding carboxylic acids is 1. The smallest absolute Gasteiger partial charge is 0.266 e. The molecule has 0 atom stereocenters. The van der Waals surface area contributed by atoms with Crippen molar-refractivity contribution in [1.29, 1.82) is 0 Å². The average Bonchev–Trinajstić information content (AvgIpc) is 3.48. The number of hydrogen-bond acceptors (Lipinski definition) is 7. The number of para-hydroxylation sites is 1. The first-order valence-electron chi connectivity index (χ1n) is 12.8. The Bertz CT molecular complexity index is 1460. The number of nitrogens with zero attached hydrogens (tertiary/aromatic N) is 4. The van der Waals surface area contributed by atoms with Gasteiger partial charge in [0.2, 0.25) is 10.0 Å². The maximum Gasteiger partial charge on any atom is 0.266 e. The third-order valence-electron chi connectivity index (χ3n) is 6.13. The number of amides is 1. The molecule has 11 heteroatoms. The van der Waals surface area contributed by atoms with Gasteiger partial charge in [0, 0.05) is 37.5 Å². The van der Waals surface area contributed by atoms with Gasteiger partial charge in [0.05, 0.1) is 28.6 Å². The summed E-state index contributed by atoms with van der Waals surface area (Å²) in [5.74, 6) is -0.188.